The van der Waals surface area contributed by atoms with E-state index < -0.39 is 5.82 Å². The maximum atomic E-state index is 13.3. The largest absolute Gasteiger partial charge is 0.494 e. The monoisotopic (exact) mass is 280 g/mol. The zero-order valence-electron chi connectivity index (χ0n) is 12.0. The van der Waals surface area contributed by atoms with Gasteiger partial charge < -0.3 is 15.0 Å². The number of ether oxygens (including phenoxy) is 1. The van der Waals surface area contributed by atoms with Gasteiger partial charge in [-0.3, -0.25) is 4.79 Å². The molecule has 110 valence electrons. The van der Waals surface area contributed by atoms with Crippen molar-refractivity contribution in [1.29, 1.82) is 0 Å². The molecule has 1 saturated heterocycles. The summed E-state index contributed by atoms with van der Waals surface area (Å²) in [5.41, 5.74) is 0.446. The number of hydrogen-bond donors (Lipinski definition) is 1. The third kappa shape index (κ3) is 3.48. The van der Waals surface area contributed by atoms with Crippen LogP contribution in [0.3, 0.4) is 0 Å². The topological polar surface area (TPSA) is 41.6 Å². The number of nitrogens with zero attached hydrogens (tertiary/aromatic N) is 1. The molecule has 1 fully saturated rings. The number of nitrogens with one attached hydrogen (secondary N) is 1. The van der Waals surface area contributed by atoms with Gasteiger partial charge in [0.1, 0.15) is 0 Å². The molecule has 0 bridgehead atoms. The van der Waals surface area contributed by atoms with Crippen LogP contribution in [-0.4, -0.2) is 44.1 Å². The molecule has 1 atom stereocenters. The molecule has 1 unspecified atom stereocenters. The van der Waals surface area contributed by atoms with Crippen LogP contribution < -0.4 is 10.1 Å². The van der Waals surface area contributed by atoms with Crippen molar-refractivity contribution in [3.63, 3.8) is 0 Å². The Kier molecular flexibility index (Phi) is 4.95. The molecule has 0 spiro atoms. The molecule has 1 aromatic carbocycles. The highest BCUT2D eigenvalue weighted by Gasteiger charge is 2.19. The fourth-order valence-corrected chi connectivity index (χ4v) is 2.51. The van der Waals surface area contributed by atoms with E-state index in [9.17, 15) is 9.18 Å². The van der Waals surface area contributed by atoms with E-state index >= 15 is 0 Å². The quantitative estimate of drug-likeness (QED) is 0.918. The number of methoxy groups -OCH3 is 1. The fraction of sp³-hybridized carbons (Fsp3) is 0.533. The van der Waals surface area contributed by atoms with Crippen LogP contribution in [0.2, 0.25) is 0 Å². The van der Waals surface area contributed by atoms with Crippen molar-refractivity contribution in [2.75, 3.05) is 27.2 Å². The van der Waals surface area contributed by atoms with E-state index in [1.807, 2.05) is 0 Å². The van der Waals surface area contributed by atoms with Gasteiger partial charge in [-0.15, -0.1) is 0 Å². The summed E-state index contributed by atoms with van der Waals surface area (Å²) in [6.45, 7) is 1.68. The Morgan fingerprint density at radius 1 is 1.50 bits per heavy atom. The molecule has 20 heavy (non-hydrogen) atoms. The summed E-state index contributed by atoms with van der Waals surface area (Å²) >= 11 is 0. The number of rotatable bonds is 4. The Bertz CT molecular complexity index is 473. The Morgan fingerprint density at radius 2 is 2.30 bits per heavy atom. The van der Waals surface area contributed by atoms with Crippen molar-refractivity contribution in [2.24, 2.45) is 0 Å². The summed E-state index contributed by atoms with van der Waals surface area (Å²) in [6.07, 6.45) is 3.48. The van der Waals surface area contributed by atoms with Gasteiger partial charge in [-0.1, -0.05) is 6.42 Å². The summed E-state index contributed by atoms with van der Waals surface area (Å²) in [7, 11) is 3.16. The van der Waals surface area contributed by atoms with Crippen molar-refractivity contribution in [3.05, 3.63) is 29.6 Å². The minimum absolute atomic E-state index is 0.0973. The SMILES string of the molecule is COc1cc(C(=O)N(C)CC2CCCCN2)ccc1F. The molecule has 0 radical (unpaired) electrons. The van der Waals surface area contributed by atoms with Gasteiger partial charge in [0, 0.05) is 25.2 Å². The average molecular weight is 280 g/mol. The minimum atomic E-state index is -0.458. The normalized spacial score (nSPS) is 18.6. The number of likely N-dealkylation sites (N-methyl/N-ethyl adjacent to an activating group) is 1. The van der Waals surface area contributed by atoms with Crippen LogP contribution in [0.4, 0.5) is 4.39 Å². The first-order chi connectivity index (χ1) is 9.61. The predicted molar refractivity (Wildman–Crippen MR) is 75.6 cm³/mol. The summed E-state index contributed by atoms with van der Waals surface area (Å²) < 4.78 is 18.3. The Hall–Kier alpha value is -1.62. The van der Waals surface area contributed by atoms with E-state index in [1.54, 1.807) is 11.9 Å². The lowest BCUT2D eigenvalue weighted by Crippen LogP contribution is -2.44. The smallest absolute Gasteiger partial charge is 0.253 e. The number of benzene rings is 1. The molecular weight excluding hydrogens is 259 g/mol. The maximum Gasteiger partial charge on any atom is 0.253 e. The molecule has 1 aliphatic heterocycles. The van der Waals surface area contributed by atoms with Crippen molar-refractivity contribution in [1.82, 2.24) is 10.2 Å². The van der Waals surface area contributed by atoms with Gasteiger partial charge in [0.25, 0.3) is 5.91 Å². The van der Waals surface area contributed by atoms with Gasteiger partial charge in [-0.05, 0) is 37.6 Å². The van der Waals surface area contributed by atoms with Gasteiger partial charge in [0.15, 0.2) is 11.6 Å². The molecule has 4 nitrogen and oxygen atoms in total. The number of piperidine rings is 1. The highest BCUT2D eigenvalue weighted by atomic mass is 19.1. The number of carbonyl (C=O) groups is 1. The zero-order chi connectivity index (χ0) is 14.5. The molecule has 2 rings (SSSR count). The van der Waals surface area contributed by atoms with Crippen molar-refractivity contribution >= 4 is 5.91 Å². The van der Waals surface area contributed by atoms with E-state index in [1.165, 1.54) is 38.2 Å². The van der Waals surface area contributed by atoms with Crippen LogP contribution in [0.5, 0.6) is 5.75 Å². The second kappa shape index (κ2) is 6.70. The lowest BCUT2D eigenvalue weighted by Gasteiger charge is -2.28. The van der Waals surface area contributed by atoms with E-state index in [0.717, 1.165) is 13.0 Å². The highest BCUT2D eigenvalue weighted by molar-refractivity contribution is 5.94. The average Bonchev–Trinajstić information content (AvgIpc) is 2.48. The highest BCUT2D eigenvalue weighted by Crippen LogP contribution is 2.19. The van der Waals surface area contributed by atoms with Gasteiger partial charge in [-0.2, -0.15) is 0 Å². The van der Waals surface area contributed by atoms with Crippen LogP contribution in [0, 0.1) is 5.82 Å². The van der Waals surface area contributed by atoms with Crippen molar-refractivity contribution in [2.45, 2.75) is 25.3 Å². The van der Waals surface area contributed by atoms with Gasteiger partial charge in [-0.25, -0.2) is 4.39 Å². The van der Waals surface area contributed by atoms with Crippen LogP contribution >= 0.6 is 0 Å². The molecule has 1 amide bonds. The van der Waals surface area contributed by atoms with E-state index in [0.29, 0.717) is 18.2 Å². The van der Waals surface area contributed by atoms with Crippen LogP contribution in [0.1, 0.15) is 29.6 Å². The van der Waals surface area contributed by atoms with Crippen LogP contribution in [0.15, 0.2) is 18.2 Å². The minimum Gasteiger partial charge on any atom is -0.494 e. The van der Waals surface area contributed by atoms with Gasteiger partial charge >= 0.3 is 0 Å². The molecule has 5 heteroatoms. The second-order valence-corrected chi connectivity index (χ2v) is 5.18. The summed E-state index contributed by atoms with van der Waals surface area (Å²) in [6, 6.07) is 4.55. The standard InChI is InChI=1S/C15H21FN2O2/c1-18(10-12-5-3-4-8-17-12)15(19)11-6-7-13(16)14(9-11)20-2/h6-7,9,12,17H,3-5,8,10H2,1-2H3. The first-order valence-electron chi connectivity index (χ1n) is 6.94. The summed E-state index contributed by atoms with van der Waals surface area (Å²) in [4.78, 5) is 14.0. The summed E-state index contributed by atoms with van der Waals surface area (Å²) in [5, 5.41) is 3.41. The first-order valence-corrected chi connectivity index (χ1v) is 6.94. The van der Waals surface area contributed by atoms with Crippen molar-refractivity contribution < 1.29 is 13.9 Å². The number of hydrogen-bond acceptors (Lipinski definition) is 3. The fourth-order valence-electron chi connectivity index (χ4n) is 2.51. The summed E-state index contributed by atoms with van der Waals surface area (Å²) in [5.74, 6) is -0.476. The molecule has 0 saturated carbocycles. The molecule has 0 aliphatic carbocycles. The molecule has 1 heterocycles. The first kappa shape index (κ1) is 14.8. The number of halogens is 1. The molecule has 1 aromatic rings. The van der Waals surface area contributed by atoms with E-state index in [2.05, 4.69) is 5.32 Å². The predicted octanol–water partition coefficient (Wildman–Crippen LogP) is 2.05. The second-order valence-electron chi connectivity index (χ2n) is 5.18. The van der Waals surface area contributed by atoms with Gasteiger partial charge in [0.05, 0.1) is 7.11 Å². The maximum absolute atomic E-state index is 13.3. The Labute approximate surface area is 118 Å². The van der Waals surface area contributed by atoms with E-state index in [4.69, 9.17) is 4.74 Å². The molecule has 1 N–H and O–H groups in total. The Morgan fingerprint density at radius 3 is 2.95 bits per heavy atom. The molecular formula is C15H21FN2O2. The number of amides is 1. The zero-order valence-corrected chi connectivity index (χ0v) is 12.0. The van der Waals surface area contributed by atoms with E-state index in [-0.39, 0.29) is 11.7 Å². The lowest BCUT2D eigenvalue weighted by atomic mass is 10.0. The van der Waals surface area contributed by atoms with Crippen molar-refractivity contribution in [3.8, 4) is 5.75 Å². The Balaban J connectivity index is 2.02. The third-order valence-electron chi connectivity index (χ3n) is 3.65. The molecule has 1 aliphatic rings. The molecule has 0 aromatic heterocycles. The lowest BCUT2D eigenvalue weighted by molar-refractivity contribution is 0.0775. The van der Waals surface area contributed by atoms with Crippen LogP contribution in [-0.2, 0) is 0 Å². The third-order valence-corrected chi connectivity index (χ3v) is 3.65. The van der Waals surface area contributed by atoms with Gasteiger partial charge in [0.2, 0.25) is 0 Å². The van der Waals surface area contributed by atoms with Crippen LogP contribution in [0.25, 0.3) is 0 Å². The number of carbonyl (C=O) groups excluding carboxylic acids is 1.